The normalized spacial score (nSPS) is 15.1. The summed E-state index contributed by atoms with van der Waals surface area (Å²) in [4.78, 5) is 0. The molecule has 0 spiro atoms. The Kier molecular flexibility index (Phi) is 4.66. The van der Waals surface area contributed by atoms with Gasteiger partial charge in [0, 0.05) is 6.54 Å². The lowest BCUT2D eigenvalue weighted by Gasteiger charge is -2.13. The van der Waals surface area contributed by atoms with Gasteiger partial charge in [-0.05, 0) is 52.4 Å². The maximum atomic E-state index is 5.82. The molecule has 98 valence electrons. The van der Waals surface area contributed by atoms with Gasteiger partial charge >= 0.3 is 0 Å². The second-order valence-electron chi connectivity index (χ2n) is 4.43. The summed E-state index contributed by atoms with van der Waals surface area (Å²) in [6, 6.07) is 3.97. The third-order valence-electron chi connectivity index (χ3n) is 2.86. The Morgan fingerprint density at radius 2 is 2.22 bits per heavy atom. The summed E-state index contributed by atoms with van der Waals surface area (Å²) >= 11 is 3.53. The van der Waals surface area contributed by atoms with Crippen molar-refractivity contribution in [3.63, 3.8) is 0 Å². The minimum atomic E-state index is 0.528. The van der Waals surface area contributed by atoms with Gasteiger partial charge in [0.2, 0.25) is 0 Å². The fraction of sp³-hybridized carbons (Fsp3) is 0.429. The summed E-state index contributed by atoms with van der Waals surface area (Å²) in [6.45, 7) is 1.30. The lowest BCUT2D eigenvalue weighted by Crippen LogP contribution is -2.02. The Morgan fingerprint density at radius 3 is 2.83 bits per heavy atom. The van der Waals surface area contributed by atoms with Crippen LogP contribution in [0.25, 0.3) is 6.08 Å². The minimum Gasteiger partial charge on any atom is -0.493 e. The first-order chi connectivity index (χ1) is 8.74. The van der Waals surface area contributed by atoms with Gasteiger partial charge in [-0.1, -0.05) is 12.2 Å². The molecule has 0 heterocycles. The lowest BCUT2D eigenvalue weighted by atomic mass is 10.2. The zero-order chi connectivity index (χ0) is 13.0. The van der Waals surface area contributed by atoms with Crippen molar-refractivity contribution in [2.45, 2.75) is 12.8 Å². The monoisotopic (exact) mass is 311 g/mol. The number of rotatable bonds is 6. The van der Waals surface area contributed by atoms with E-state index in [0.717, 1.165) is 34.1 Å². The Bertz CT molecular complexity index is 442. The van der Waals surface area contributed by atoms with Crippen LogP contribution in [-0.4, -0.2) is 20.3 Å². The first-order valence-electron chi connectivity index (χ1n) is 6.11. The highest BCUT2D eigenvalue weighted by Crippen LogP contribution is 2.39. The first kappa shape index (κ1) is 13.4. The Hall–Kier alpha value is -1.00. The van der Waals surface area contributed by atoms with E-state index in [-0.39, 0.29) is 0 Å². The summed E-state index contributed by atoms with van der Waals surface area (Å²) in [6.07, 6.45) is 6.43. The van der Waals surface area contributed by atoms with E-state index >= 15 is 0 Å². The Balaban J connectivity index is 2.18. The largest absolute Gasteiger partial charge is 0.493 e. The fourth-order valence-electron chi connectivity index (χ4n) is 1.67. The number of halogens is 1. The second kappa shape index (κ2) is 6.25. The summed E-state index contributed by atoms with van der Waals surface area (Å²) in [5, 5.41) is 0. The highest BCUT2D eigenvalue weighted by Gasteiger charge is 2.23. The number of hydrogen-bond acceptors (Lipinski definition) is 3. The molecule has 3 nitrogen and oxygen atoms in total. The van der Waals surface area contributed by atoms with E-state index in [1.807, 2.05) is 24.3 Å². The topological polar surface area (TPSA) is 44.5 Å². The molecule has 0 unspecified atom stereocenters. The van der Waals surface area contributed by atoms with Crippen LogP contribution in [-0.2, 0) is 0 Å². The number of hydrogen-bond donors (Lipinski definition) is 1. The van der Waals surface area contributed by atoms with Crippen LogP contribution in [0.15, 0.2) is 22.7 Å². The molecule has 0 radical (unpaired) electrons. The van der Waals surface area contributed by atoms with Gasteiger partial charge in [-0.15, -0.1) is 0 Å². The molecule has 1 fully saturated rings. The summed E-state index contributed by atoms with van der Waals surface area (Å²) in [7, 11) is 1.65. The van der Waals surface area contributed by atoms with Gasteiger partial charge in [-0.3, -0.25) is 0 Å². The molecule has 0 saturated heterocycles. The van der Waals surface area contributed by atoms with Gasteiger partial charge in [0.25, 0.3) is 0 Å². The van der Waals surface area contributed by atoms with Crippen molar-refractivity contribution in [3.05, 3.63) is 28.2 Å². The summed E-state index contributed by atoms with van der Waals surface area (Å²) < 4.78 is 12.1. The van der Waals surface area contributed by atoms with Crippen LogP contribution < -0.4 is 15.2 Å². The Labute approximate surface area is 116 Å². The van der Waals surface area contributed by atoms with Gasteiger partial charge in [0.05, 0.1) is 18.2 Å². The molecule has 0 atom stereocenters. The van der Waals surface area contributed by atoms with Crippen LogP contribution >= 0.6 is 15.9 Å². The lowest BCUT2D eigenvalue weighted by molar-refractivity contribution is 0.278. The molecule has 1 aliphatic rings. The SMILES string of the molecule is COc1cc(/C=C/CN)cc(Br)c1OCC1CC1. The molecular weight excluding hydrogens is 294 g/mol. The van der Waals surface area contributed by atoms with Crippen LogP contribution in [0.2, 0.25) is 0 Å². The molecule has 4 heteroatoms. The van der Waals surface area contributed by atoms with Crippen molar-refractivity contribution >= 4 is 22.0 Å². The quantitative estimate of drug-likeness (QED) is 0.877. The van der Waals surface area contributed by atoms with Crippen LogP contribution in [0.5, 0.6) is 11.5 Å². The van der Waals surface area contributed by atoms with Gasteiger partial charge in [0.15, 0.2) is 11.5 Å². The molecule has 1 saturated carbocycles. The number of nitrogens with two attached hydrogens (primary N) is 1. The average Bonchev–Trinajstić information content (AvgIpc) is 3.18. The highest BCUT2D eigenvalue weighted by atomic mass is 79.9. The van der Waals surface area contributed by atoms with Crippen molar-refractivity contribution in [1.29, 1.82) is 0 Å². The molecule has 0 aliphatic heterocycles. The fourth-order valence-corrected chi connectivity index (χ4v) is 2.24. The molecule has 1 aliphatic carbocycles. The minimum absolute atomic E-state index is 0.528. The van der Waals surface area contributed by atoms with Crippen LogP contribution in [0.4, 0.5) is 0 Å². The van der Waals surface area contributed by atoms with Gasteiger partial charge in [-0.2, -0.15) is 0 Å². The number of methoxy groups -OCH3 is 1. The van der Waals surface area contributed by atoms with Crippen molar-refractivity contribution in [1.82, 2.24) is 0 Å². The smallest absolute Gasteiger partial charge is 0.175 e. The van der Waals surface area contributed by atoms with E-state index in [4.69, 9.17) is 15.2 Å². The van der Waals surface area contributed by atoms with E-state index in [0.29, 0.717) is 6.54 Å². The number of benzene rings is 1. The first-order valence-corrected chi connectivity index (χ1v) is 6.91. The predicted molar refractivity (Wildman–Crippen MR) is 77.0 cm³/mol. The zero-order valence-corrected chi connectivity index (χ0v) is 12.1. The molecule has 0 aromatic heterocycles. The molecule has 1 aromatic carbocycles. The van der Waals surface area contributed by atoms with Crippen molar-refractivity contribution in [2.75, 3.05) is 20.3 Å². The average molecular weight is 312 g/mol. The summed E-state index contributed by atoms with van der Waals surface area (Å²) in [5.41, 5.74) is 6.49. The third-order valence-corrected chi connectivity index (χ3v) is 3.45. The van der Waals surface area contributed by atoms with Crippen molar-refractivity contribution in [3.8, 4) is 11.5 Å². The number of ether oxygens (including phenoxy) is 2. The predicted octanol–water partition coefficient (Wildman–Crippen LogP) is 3.22. The van der Waals surface area contributed by atoms with Gasteiger partial charge in [-0.25, -0.2) is 0 Å². The van der Waals surface area contributed by atoms with Gasteiger partial charge < -0.3 is 15.2 Å². The van der Waals surface area contributed by atoms with E-state index in [9.17, 15) is 0 Å². The van der Waals surface area contributed by atoms with Crippen molar-refractivity contribution < 1.29 is 9.47 Å². The second-order valence-corrected chi connectivity index (χ2v) is 5.28. The van der Waals surface area contributed by atoms with E-state index in [1.165, 1.54) is 12.8 Å². The van der Waals surface area contributed by atoms with Crippen LogP contribution in [0, 0.1) is 5.92 Å². The molecule has 1 aromatic rings. The molecule has 18 heavy (non-hydrogen) atoms. The van der Waals surface area contributed by atoms with Crippen molar-refractivity contribution in [2.24, 2.45) is 11.7 Å². The standard InChI is InChI=1S/C14H18BrNO2/c1-17-13-8-11(3-2-6-16)7-12(15)14(13)18-9-10-4-5-10/h2-3,7-8,10H,4-6,9,16H2,1H3/b3-2+. The molecule has 2 rings (SSSR count). The van der Waals surface area contributed by atoms with Gasteiger partial charge in [0.1, 0.15) is 0 Å². The van der Waals surface area contributed by atoms with E-state index in [1.54, 1.807) is 7.11 Å². The Morgan fingerprint density at radius 1 is 1.44 bits per heavy atom. The molecular formula is C14H18BrNO2. The molecule has 0 amide bonds. The zero-order valence-electron chi connectivity index (χ0n) is 10.5. The van der Waals surface area contributed by atoms with Crippen LogP contribution in [0.3, 0.4) is 0 Å². The molecule has 2 N–H and O–H groups in total. The molecule has 0 bridgehead atoms. The third kappa shape index (κ3) is 3.50. The van der Waals surface area contributed by atoms with E-state index < -0.39 is 0 Å². The maximum Gasteiger partial charge on any atom is 0.175 e. The maximum absolute atomic E-state index is 5.82. The highest BCUT2D eigenvalue weighted by molar-refractivity contribution is 9.10. The summed E-state index contributed by atoms with van der Waals surface area (Å²) in [5.74, 6) is 2.26. The van der Waals surface area contributed by atoms with Crippen LogP contribution in [0.1, 0.15) is 18.4 Å². The van der Waals surface area contributed by atoms with E-state index in [2.05, 4.69) is 15.9 Å².